The normalized spacial score (nSPS) is 18.7. The molecule has 2 unspecified atom stereocenters. The molecule has 1 saturated carbocycles. The summed E-state index contributed by atoms with van der Waals surface area (Å²) in [6.07, 6.45) is 3.68. The van der Waals surface area contributed by atoms with Gasteiger partial charge >= 0.3 is 0 Å². The second-order valence-corrected chi connectivity index (χ2v) is 9.98. The Morgan fingerprint density at radius 3 is 1.46 bits per heavy atom. The van der Waals surface area contributed by atoms with E-state index in [0.717, 1.165) is 19.3 Å². The topological polar surface area (TPSA) is 52.6 Å². The molecule has 0 radical (unpaired) electrons. The minimum Gasteiger partial charge on any atom is -0.399 e. The first kappa shape index (κ1) is 19.7. The lowest BCUT2D eigenvalue weighted by atomic mass is 10.00. The van der Waals surface area contributed by atoms with E-state index in [9.17, 15) is 8.42 Å². The Hall–Kier alpha value is -1.08. The molecule has 0 aliphatic heterocycles. The molecule has 1 aliphatic rings. The predicted molar refractivity (Wildman–Crippen MR) is 106 cm³/mol. The molecule has 0 saturated heterocycles. The zero-order chi connectivity index (χ0) is 18.6. The number of hydrogen-bond donors (Lipinski definition) is 0. The summed E-state index contributed by atoms with van der Waals surface area (Å²) in [4.78, 5) is 0. The van der Waals surface area contributed by atoms with Crippen LogP contribution >= 0.6 is 23.2 Å². The molecule has 2 aromatic rings. The summed E-state index contributed by atoms with van der Waals surface area (Å²) in [6.45, 7) is 0. The average Bonchev–Trinajstić information content (AvgIpc) is 2.66. The molecular formula is C18H18Cl2O4S2. The van der Waals surface area contributed by atoms with Gasteiger partial charge in [-0.2, -0.15) is 0 Å². The monoisotopic (exact) mass is 432 g/mol. The van der Waals surface area contributed by atoms with Crippen molar-refractivity contribution in [2.24, 2.45) is 0 Å². The van der Waals surface area contributed by atoms with E-state index in [-0.39, 0.29) is 0 Å². The first-order valence-corrected chi connectivity index (χ1v) is 11.1. The molecular weight excluding hydrogens is 415 g/mol. The zero-order valence-electron chi connectivity index (χ0n) is 13.9. The third-order valence-corrected chi connectivity index (χ3v) is 8.23. The predicted octanol–water partition coefficient (Wildman–Crippen LogP) is 5.44. The van der Waals surface area contributed by atoms with Gasteiger partial charge in [-0.25, -0.2) is 8.42 Å². The summed E-state index contributed by atoms with van der Waals surface area (Å²) in [7, 11) is 0. The standard InChI is InChI=1S/C18H18Cl2O4S2/c19-14-4-8-16(9-5-14)23-25(21)18(12-2-1-3-13-18)26(22)24-17-10-6-15(20)7-11-17/h4-11H,1-3,12-13H2. The van der Waals surface area contributed by atoms with Crippen molar-refractivity contribution < 1.29 is 16.8 Å². The smallest absolute Gasteiger partial charge is 0.229 e. The van der Waals surface area contributed by atoms with Gasteiger partial charge < -0.3 is 8.37 Å². The van der Waals surface area contributed by atoms with E-state index in [1.165, 1.54) is 0 Å². The molecule has 2 atom stereocenters. The highest BCUT2D eigenvalue weighted by atomic mass is 35.5. The lowest BCUT2D eigenvalue weighted by Gasteiger charge is -2.32. The van der Waals surface area contributed by atoms with E-state index < -0.39 is 26.2 Å². The maximum absolute atomic E-state index is 13.0. The lowest BCUT2D eigenvalue weighted by Crippen LogP contribution is -2.44. The van der Waals surface area contributed by atoms with Crippen molar-refractivity contribution in [1.29, 1.82) is 0 Å². The van der Waals surface area contributed by atoms with Crippen LogP contribution in [-0.2, 0) is 22.2 Å². The summed E-state index contributed by atoms with van der Waals surface area (Å²) >= 11 is 8.08. The number of benzene rings is 2. The van der Waals surface area contributed by atoms with Gasteiger partial charge in [0.25, 0.3) is 0 Å². The summed E-state index contributed by atoms with van der Waals surface area (Å²) in [5, 5.41) is 1.12. The van der Waals surface area contributed by atoms with Crippen LogP contribution in [0.15, 0.2) is 48.5 Å². The fourth-order valence-corrected chi connectivity index (χ4v) is 5.81. The molecule has 1 aliphatic carbocycles. The molecule has 4 nitrogen and oxygen atoms in total. The van der Waals surface area contributed by atoms with Gasteiger partial charge in [-0.05, 0) is 61.4 Å². The molecule has 1 fully saturated rings. The van der Waals surface area contributed by atoms with Gasteiger partial charge in [0.15, 0.2) is 4.08 Å². The highest BCUT2D eigenvalue weighted by Crippen LogP contribution is 2.38. The molecule has 26 heavy (non-hydrogen) atoms. The molecule has 0 aromatic heterocycles. The van der Waals surface area contributed by atoms with Gasteiger partial charge in [-0.15, -0.1) is 0 Å². The van der Waals surface area contributed by atoms with E-state index in [1.54, 1.807) is 48.5 Å². The largest absolute Gasteiger partial charge is 0.399 e. The van der Waals surface area contributed by atoms with Crippen molar-refractivity contribution >= 4 is 45.4 Å². The molecule has 2 aromatic carbocycles. The summed E-state index contributed by atoms with van der Waals surface area (Å²) in [5.41, 5.74) is 0. The van der Waals surface area contributed by atoms with Crippen molar-refractivity contribution in [3.05, 3.63) is 58.6 Å². The second-order valence-electron chi connectivity index (χ2n) is 6.02. The summed E-state index contributed by atoms with van der Waals surface area (Å²) < 4.78 is 36.2. The number of halogens is 2. The molecule has 0 heterocycles. The lowest BCUT2D eigenvalue weighted by molar-refractivity contribution is 0.422. The van der Waals surface area contributed by atoms with Crippen LogP contribution < -0.4 is 8.37 Å². The Morgan fingerprint density at radius 1 is 0.692 bits per heavy atom. The van der Waals surface area contributed by atoms with Gasteiger partial charge in [-0.1, -0.05) is 42.5 Å². The van der Waals surface area contributed by atoms with E-state index in [4.69, 9.17) is 31.6 Å². The van der Waals surface area contributed by atoms with Crippen LogP contribution in [0.3, 0.4) is 0 Å². The molecule has 0 spiro atoms. The van der Waals surface area contributed by atoms with Gasteiger partial charge in [0.1, 0.15) is 11.5 Å². The van der Waals surface area contributed by atoms with E-state index in [0.29, 0.717) is 34.4 Å². The fourth-order valence-electron chi connectivity index (χ4n) is 2.79. The fraction of sp³-hybridized carbons (Fsp3) is 0.333. The maximum atomic E-state index is 13.0. The summed E-state index contributed by atoms with van der Waals surface area (Å²) in [6, 6.07) is 13.2. The van der Waals surface area contributed by atoms with Gasteiger partial charge in [0.05, 0.1) is 0 Å². The molecule has 0 amide bonds. The van der Waals surface area contributed by atoms with Crippen LogP contribution in [-0.4, -0.2) is 12.5 Å². The molecule has 0 N–H and O–H groups in total. The minimum atomic E-state index is -1.83. The van der Waals surface area contributed by atoms with Gasteiger partial charge in [0.2, 0.25) is 22.2 Å². The summed E-state index contributed by atoms with van der Waals surface area (Å²) in [5.74, 6) is 0.836. The second kappa shape index (κ2) is 8.74. The van der Waals surface area contributed by atoms with Crippen LogP contribution in [0.1, 0.15) is 32.1 Å². The van der Waals surface area contributed by atoms with Crippen LogP contribution in [0, 0.1) is 0 Å². The first-order valence-electron chi connectivity index (χ1n) is 8.21. The highest BCUT2D eigenvalue weighted by Gasteiger charge is 2.48. The number of rotatable bonds is 6. The van der Waals surface area contributed by atoms with E-state index >= 15 is 0 Å². The van der Waals surface area contributed by atoms with Crippen molar-refractivity contribution in [3.8, 4) is 11.5 Å². The Balaban J connectivity index is 1.80. The third-order valence-electron chi connectivity index (χ3n) is 4.19. The van der Waals surface area contributed by atoms with Gasteiger partial charge in [0, 0.05) is 10.0 Å². The van der Waals surface area contributed by atoms with Crippen molar-refractivity contribution in [3.63, 3.8) is 0 Å². The molecule has 3 rings (SSSR count). The SMILES string of the molecule is O=S(Oc1ccc(Cl)cc1)C1(S(=O)Oc2ccc(Cl)cc2)CCCCC1. The Kier molecular flexibility index (Phi) is 6.61. The average molecular weight is 433 g/mol. The van der Waals surface area contributed by atoms with E-state index in [1.807, 2.05) is 0 Å². The Labute approximate surface area is 168 Å². The molecule has 0 bridgehead atoms. The minimum absolute atomic E-state index is 0.418. The van der Waals surface area contributed by atoms with Crippen molar-refractivity contribution in [1.82, 2.24) is 0 Å². The van der Waals surface area contributed by atoms with Crippen LogP contribution in [0.4, 0.5) is 0 Å². The maximum Gasteiger partial charge on any atom is 0.229 e. The van der Waals surface area contributed by atoms with Crippen LogP contribution in [0.2, 0.25) is 10.0 Å². The van der Waals surface area contributed by atoms with Crippen LogP contribution in [0.5, 0.6) is 11.5 Å². The number of hydrogen-bond acceptors (Lipinski definition) is 4. The highest BCUT2D eigenvalue weighted by molar-refractivity contribution is 8.00. The molecule has 140 valence electrons. The van der Waals surface area contributed by atoms with Crippen LogP contribution in [0.25, 0.3) is 0 Å². The first-order chi connectivity index (χ1) is 12.5. The van der Waals surface area contributed by atoms with E-state index in [2.05, 4.69) is 0 Å². The molecule has 8 heteroatoms. The van der Waals surface area contributed by atoms with Crippen molar-refractivity contribution in [2.45, 2.75) is 36.2 Å². The third kappa shape index (κ3) is 4.60. The van der Waals surface area contributed by atoms with Crippen molar-refractivity contribution in [2.75, 3.05) is 0 Å². The quantitative estimate of drug-likeness (QED) is 0.609. The zero-order valence-corrected chi connectivity index (χ0v) is 17.0. The van der Waals surface area contributed by atoms with Gasteiger partial charge in [-0.3, -0.25) is 0 Å². The Bertz CT molecular complexity index is 726. The Morgan fingerprint density at radius 2 is 1.08 bits per heavy atom.